The number of aliphatic hydroxyl groups is 1. The van der Waals surface area contributed by atoms with E-state index in [0.717, 1.165) is 19.3 Å². The molecule has 1 heterocycles. The van der Waals surface area contributed by atoms with E-state index in [0.29, 0.717) is 30.6 Å². The zero-order chi connectivity index (χ0) is 12.0. The third kappa shape index (κ3) is 5.36. The van der Waals surface area contributed by atoms with Gasteiger partial charge in [-0.2, -0.15) is 0 Å². The maximum Gasteiger partial charge on any atom is 0.0936 e. The van der Waals surface area contributed by atoms with E-state index < -0.39 is 0 Å². The van der Waals surface area contributed by atoms with Crippen molar-refractivity contribution in [3.05, 3.63) is 24.5 Å². The van der Waals surface area contributed by atoms with Crippen LogP contribution in [0.1, 0.15) is 39.5 Å². The fourth-order valence-electron chi connectivity index (χ4n) is 1.87. The van der Waals surface area contributed by atoms with E-state index in [1.807, 2.05) is 0 Å². The smallest absolute Gasteiger partial charge is 0.0936 e. The fourth-order valence-corrected chi connectivity index (χ4v) is 1.87. The molecule has 0 aromatic carbocycles. The first-order chi connectivity index (χ1) is 7.58. The van der Waals surface area contributed by atoms with Gasteiger partial charge in [0, 0.05) is 12.3 Å². The molecule has 0 aromatic rings. The molecule has 0 saturated heterocycles. The highest BCUT2D eigenvalue weighted by Crippen LogP contribution is 2.18. The SMILES string of the molecule is C=C1CC(O)CCC(C)C/C=C/C(C)CO1. The lowest BCUT2D eigenvalue weighted by Gasteiger charge is -2.18. The van der Waals surface area contributed by atoms with Gasteiger partial charge in [-0.05, 0) is 25.2 Å². The maximum absolute atomic E-state index is 9.79. The van der Waals surface area contributed by atoms with Gasteiger partial charge in [0.15, 0.2) is 0 Å². The molecule has 1 aliphatic heterocycles. The quantitative estimate of drug-likeness (QED) is 0.640. The number of allylic oxidation sites excluding steroid dienone is 1. The van der Waals surface area contributed by atoms with E-state index in [1.54, 1.807) is 0 Å². The van der Waals surface area contributed by atoms with Crippen LogP contribution in [0.2, 0.25) is 0 Å². The Hall–Kier alpha value is -0.760. The van der Waals surface area contributed by atoms with Gasteiger partial charge < -0.3 is 9.84 Å². The molecule has 3 atom stereocenters. The normalized spacial score (nSPS) is 35.7. The molecule has 0 spiro atoms. The minimum atomic E-state index is -0.298. The molecule has 3 unspecified atom stereocenters. The van der Waals surface area contributed by atoms with Crippen LogP contribution in [0.15, 0.2) is 24.5 Å². The van der Waals surface area contributed by atoms with Crippen molar-refractivity contribution in [2.24, 2.45) is 11.8 Å². The zero-order valence-corrected chi connectivity index (χ0v) is 10.5. The molecule has 0 bridgehead atoms. The van der Waals surface area contributed by atoms with Crippen LogP contribution in [0.4, 0.5) is 0 Å². The summed E-state index contributed by atoms with van der Waals surface area (Å²) < 4.78 is 5.52. The second-order valence-corrected chi connectivity index (χ2v) is 5.03. The highest BCUT2D eigenvalue weighted by atomic mass is 16.5. The van der Waals surface area contributed by atoms with E-state index in [4.69, 9.17) is 4.74 Å². The largest absolute Gasteiger partial charge is 0.498 e. The van der Waals surface area contributed by atoms with Gasteiger partial charge >= 0.3 is 0 Å². The number of ether oxygens (including phenoxy) is 1. The molecule has 0 radical (unpaired) electrons. The molecule has 0 aliphatic carbocycles. The van der Waals surface area contributed by atoms with Crippen LogP contribution in [-0.2, 0) is 4.74 Å². The summed E-state index contributed by atoms with van der Waals surface area (Å²) in [5, 5.41) is 9.79. The summed E-state index contributed by atoms with van der Waals surface area (Å²) in [4.78, 5) is 0. The van der Waals surface area contributed by atoms with Crippen LogP contribution in [-0.4, -0.2) is 17.8 Å². The third-order valence-electron chi connectivity index (χ3n) is 3.01. The fraction of sp³-hybridized carbons (Fsp3) is 0.714. The second kappa shape index (κ2) is 6.74. The lowest BCUT2D eigenvalue weighted by molar-refractivity contribution is 0.113. The van der Waals surface area contributed by atoms with Gasteiger partial charge in [0.25, 0.3) is 0 Å². The highest BCUT2D eigenvalue weighted by molar-refractivity contribution is 4.91. The summed E-state index contributed by atoms with van der Waals surface area (Å²) in [6, 6.07) is 0. The van der Waals surface area contributed by atoms with Crippen LogP contribution >= 0.6 is 0 Å². The van der Waals surface area contributed by atoms with Crippen LogP contribution < -0.4 is 0 Å². The van der Waals surface area contributed by atoms with Gasteiger partial charge in [-0.15, -0.1) is 0 Å². The Bertz CT molecular complexity index is 245. The predicted molar refractivity (Wildman–Crippen MR) is 67.0 cm³/mol. The number of aliphatic hydroxyl groups excluding tert-OH is 1. The predicted octanol–water partition coefficient (Wildman–Crippen LogP) is 3.28. The standard InChI is InChI=1S/C14H24O2/c1-11-5-4-6-12(2)10-16-13(3)9-14(15)8-7-11/h4,6,11-12,14-15H,3,5,7-10H2,1-2H3/b6-4+. The molecule has 1 aliphatic rings. The van der Waals surface area contributed by atoms with Gasteiger partial charge in [0.2, 0.25) is 0 Å². The van der Waals surface area contributed by atoms with E-state index in [2.05, 4.69) is 32.6 Å². The van der Waals surface area contributed by atoms with Gasteiger partial charge in [-0.1, -0.05) is 32.6 Å². The van der Waals surface area contributed by atoms with Crippen LogP contribution in [0.25, 0.3) is 0 Å². The summed E-state index contributed by atoms with van der Waals surface area (Å²) in [5.41, 5.74) is 0. The van der Waals surface area contributed by atoms with E-state index in [-0.39, 0.29) is 6.10 Å². The first-order valence-electron chi connectivity index (χ1n) is 6.23. The van der Waals surface area contributed by atoms with Crippen molar-refractivity contribution >= 4 is 0 Å². The Morgan fingerprint density at radius 2 is 2.12 bits per heavy atom. The maximum atomic E-state index is 9.79. The van der Waals surface area contributed by atoms with Gasteiger partial charge in [0.05, 0.1) is 18.5 Å². The highest BCUT2D eigenvalue weighted by Gasteiger charge is 2.11. The first kappa shape index (κ1) is 13.3. The Morgan fingerprint density at radius 3 is 2.88 bits per heavy atom. The average Bonchev–Trinajstić information content (AvgIpc) is 2.22. The third-order valence-corrected chi connectivity index (χ3v) is 3.01. The van der Waals surface area contributed by atoms with Crippen molar-refractivity contribution in [3.8, 4) is 0 Å². The second-order valence-electron chi connectivity index (χ2n) is 5.03. The van der Waals surface area contributed by atoms with Crippen molar-refractivity contribution in [2.45, 2.75) is 45.6 Å². The van der Waals surface area contributed by atoms with Gasteiger partial charge in [0.1, 0.15) is 0 Å². The first-order valence-corrected chi connectivity index (χ1v) is 6.23. The lowest BCUT2D eigenvalue weighted by atomic mass is 9.97. The molecule has 1 rings (SSSR count). The lowest BCUT2D eigenvalue weighted by Crippen LogP contribution is -2.13. The monoisotopic (exact) mass is 224 g/mol. The van der Waals surface area contributed by atoms with E-state index in [1.165, 1.54) is 0 Å². The molecular formula is C14H24O2. The molecule has 0 aromatic heterocycles. The van der Waals surface area contributed by atoms with Crippen molar-refractivity contribution in [2.75, 3.05) is 6.61 Å². The number of rotatable bonds is 0. The van der Waals surface area contributed by atoms with E-state index >= 15 is 0 Å². The number of hydrogen-bond donors (Lipinski definition) is 1. The zero-order valence-electron chi connectivity index (χ0n) is 10.5. The average molecular weight is 224 g/mol. The Balaban J connectivity index is 2.54. The van der Waals surface area contributed by atoms with Crippen molar-refractivity contribution in [3.63, 3.8) is 0 Å². The summed E-state index contributed by atoms with van der Waals surface area (Å²) in [7, 11) is 0. The Kier molecular flexibility index (Phi) is 5.61. The van der Waals surface area contributed by atoms with Crippen LogP contribution in [0.3, 0.4) is 0 Å². The molecule has 0 saturated carbocycles. The van der Waals surface area contributed by atoms with Crippen LogP contribution in [0, 0.1) is 11.8 Å². The molecule has 2 nitrogen and oxygen atoms in total. The van der Waals surface area contributed by atoms with Crippen molar-refractivity contribution in [1.29, 1.82) is 0 Å². The van der Waals surface area contributed by atoms with Crippen molar-refractivity contribution in [1.82, 2.24) is 0 Å². The topological polar surface area (TPSA) is 29.5 Å². The molecule has 92 valence electrons. The minimum absolute atomic E-state index is 0.298. The van der Waals surface area contributed by atoms with Gasteiger partial charge in [-0.3, -0.25) is 0 Å². The van der Waals surface area contributed by atoms with Crippen LogP contribution in [0.5, 0.6) is 0 Å². The summed E-state index contributed by atoms with van der Waals surface area (Å²) >= 11 is 0. The van der Waals surface area contributed by atoms with Gasteiger partial charge in [-0.25, -0.2) is 0 Å². The molecule has 1 N–H and O–H groups in total. The summed E-state index contributed by atoms with van der Waals surface area (Å²) in [6.45, 7) is 8.87. The Labute approximate surface area is 99.0 Å². The minimum Gasteiger partial charge on any atom is -0.498 e. The summed E-state index contributed by atoms with van der Waals surface area (Å²) in [5.74, 6) is 1.77. The van der Waals surface area contributed by atoms with Crippen molar-refractivity contribution < 1.29 is 9.84 Å². The molecule has 0 fully saturated rings. The Morgan fingerprint density at radius 1 is 1.38 bits per heavy atom. The molecule has 16 heavy (non-hydrogen) atoms. The molecular weight excluding hydrogens is 200 g/mol. The molecule has 2 heteroatoms. The molecule has 0 amide bonds. The summed E-state index contributed by atoms with van der Waals surface area (Å²) in [6.07, 6.45) is 7.71. The number of hydrogen-bond acceptors (Lipinski definition) is 2. The van der Waals surface area contributed by atoms with E-state index in [9.17, 15) is 5.11 Å².